The Bertz CT molecular complexity index is 333. The van der Waals surface area contributed by atoms with Gasteiger partial charge in [-0.25, -0.2) is 0 Å². The van der Waals surface area contributed by atoms with Crippen LogP contribution in [0.2, 0.25) is 0 Å². The second kappa shape index (κ2) is 6.94. The Morgan fingerprint density at radius 1 is 1.24 bits per heavy atom. The largest absolute Gasteiger partial charge is 0.455 e. The summed E-state index contributed by atoms with van der Waals surface area (Å²) in [5.41, 5.74) is 0. The van der Waals surface area contributed by atoms with Crippen LogP contribution in [0.25, 0.3) is 0 Å². The molecule has 0 aliphatic carbocycles. The van der Waals surface area contributed by atoms with Gasteiger partial charge in [0.2, 0.25) is 6.29 Å². The quantitative estimate of drug-likeness (QED) is 0.561. The third-order valence-electron chi connectivity index (χ3n) is 2.25. The number of rotatable bonds is 6. The average Bonchev–Trinajstić information content (AvgIpc) is 2.30. The highest BCUT2D eigenvalue weighted by Gasteiger charge is 2.17. The maximum Gasteiger partial charge on any atom is 0.311 e. The van der Waals surface area contributed by atoms with Gasteiger partial charge in [0.1, 0.15) is 5.75 Å². The average molecular weight is 236 g/mol. The van der Waals surface area contributed by atoms with Crippen LogP contribution in [0.3, 0.4) is 0 Å². The number of para-hydroxylation sites is 1. The SMILES string of the molecule is CCCC(OC(=O)C(C)C)Oc1ccccc1. The highest BCUT2D eigenvalue weighted by molar-refractivity contribution is 5.71. The summed E-state index contributed by atoms with van der Waals surface area (Å²) in [7, 11) is 0. The van der Waals surface area contributed by atoms with Crippen molar-refractivity contribution < 1.29 is 14.3 Å². The molecular weight excluding hydrogens is 216 g/mol. The number of ether oxygens (including phenoxy) is 2. The predicted molar refractivity (Wildman–Crippen MR) is 66.7 cm³/mol. The summed E-state index contributed by atoms with van der Waals surface area (Å²) in [4.78, 5) is 11.5. The number of carbonyl (C=O) groups excluding carboxylic acids is 1. The van der Waals surface area contributed by atoms with Crippen LogP contribution in [0.1, 0.15) is 33.6 Å². The Balaban J connectivity index is 2.57. The first kappa shape index (κ1) is 13.6. The Morgan fingerprint density at radius 2 is 1.88 bits per heavy atom. The molecule has 0 heterocycles. The van der Waals surface area contributed by atoms with Gasteiger partial charge in [-0.2, -0.15) is 0 Å². The first-order chi connectivity index (χ1) is 8.13. The van der Waals surface area contributed by atoms with Crippen LogP contribution < -0.4 is 4.74 Å². The molecule has 0 aliphatic heterocycles. The molecule has 0 saturated heterocycles. The Labute approximate surface area is 103 Å². The molecule has 0 fully saturated rings. The van der Waals surface area contributed by atoms with Crippen molar-refractivity contribution in [2.75, 3.05) is 0 Å². The Kier molecular flexibility index (Phi) is 5.53. The second-order valence-electron chi connectivity index (χ2n) is 4.24. The van der Waals surface area contributed by atoms with Crippen molar-refractivity contribution in [1.29, 1.82) is 0 Å². The second-order valence-corrected chi connectivity index (χ2v) is 4.24. The van der Waals surface area contributed by atoms with E-state index < -0.39 is 6.29 Å². The van der Waals surface area contributed by atoms with E-state index in [1.54, 1.807) is 0 Å². The van der Waals surface area contributed by atoms with Crippen molar-refractivity contribution in [1.82, 2.24) is 0 Å². The van der Waals surface area contributed by atoms with Gasteiger partial charge in [-0.1, -0.05) is 39.0 Å². The first-order valence-electron chi connectivity index (χ1n) is 6.05. The van der Waals surface area contributed by atoms with E-state index in [2.05, 4.69) is 0 Å². The molecule has 0 spiro atoms. The third-order valence-corrected chi connectivity index (χ3v) is 2.25. The lowest BCUT2D eigenvalue weighted by atomic mass is 10.2. The van der Waals surface area contributed by atoms with Crippen molar-refractivity contribution in [3.63, 3.8) is 0 Å². The number of hydrogen-bond acceptors (Lipinski definition) is 3. The van der Waals surface area contributed by atoms with Gasteiger partial charge in [0.05, 0.1) is 5.92 Å². The van der Waals surface area contributed by atoms with Crippen LogP contribution in [-0.2, 0) is 9.53 Å². The molecule has 1 unspecified atom stereocenters. The number of carbonyl (C=O) groups is 1. The van der Waals surface area contributed by atoms with E-state index in [1.807, 2.05) is 51.1 Å². The highest BCUT2D eigenvalue weighted by atomic mass is 16.7. The minimum Gasteiger partial charge on any atom is -0.455 e. The van der Waals surface area contributed by atoms with Crippen LogP contribution in [0.4, 0.5) is 0 Å². The fourth-order valence-corrected chi connectivity index (χ4v) is 1.29. The van der Waals surface area contributed by atoms with Crippen LogP contribution in [0.5, 0.6) is 5.75 Å². The summed E-state index contributed by atoms with van der Waals surface area (Å²) in [6.07, 6.45) is 1.12. The maximum absolute atomic E-state index is 11.5. The van der Waals surface area contributed by atoms with E-state index in [4.69, 9.17) is 9.47 Å². The lowest BCUT2D eigenvalue weighted by Gasteiger charge is -2.19. The maximum atomic E-state index is 11.5. The molecule has 0 N–H and O–H groups in total. The van der Waals surface area contributed by atoms with Crippen LogP contribution in [-0.4, -0.2) is 12.3 Å². The minimum absolute atomic E-state index is 0.131. The summed E-state index contributed by atoms with van der Waals surface area (Å²) < 4.78 is 10.9. The lowest BCUT2D eigenvalue weighted by Crippen LogP contribution is -2.26. The van der Waals surface area contributed by atoms with Gasteiger partial charge in [-0.3, -0.25) is 4.79 Å². The smallest absolute Gasteiger partial charge is 0.311 e. The first-order valence-corrected chi connectivity index (χ1v) is 6.05. The van der Waals surface area contributed by atoms with Crippen LogP contribution >= 0.6 is 0 Å². The van der Waals surface area contributed by atoms with Gasteiger partial charge < -0.3 is 9.47 Å². The van der Waals surface area contributed by atoms with Crippen LogP contribution in [0.15, 0.2) is 30.3 Å². The van der Waals surface area contributed by atoms with E-state index >= 15 is 0 Å². The normalized spacial score (nSPS) is 12.2. The molecular formula is C14H20O3. The van der Waals surface area contributed by atoms with Crippen molar-refractivity contribution >= 4 is 5.97 Å². The van der Waals surface area contributed by atoms with Crippen molar-refractivity contribution in [3.05, 3.63) is 30.3 Å². The summed E-state index contributed by atoms with van der Waals surface area (Å²) >= 11 is 0. The molecule has 1 rings (SSSR count). The molecule has 3 nitrogen and oxygen atoms in total. The molecule has 1 aromatic carbocycles. The number of esters is 1. The molecule has 3 heteroatoms. The van der Waals surface area contributed by atoms with Gasteiger partial charge in [0, 0.05) is 6.42 Å². The van der Waals surface area contributed by atoms with Crippen LogP contribution in [0, 0.1) is 5.92 Å². The zero-order chi connectivity index (χ0) is 12.7. The topological polar surface area (TPSA) is 35.5 Å². The molecule has 0 saturated carbocycles. The van der Waals surface area contributed by atoms with E-state index in [1.165, 1.54) is 0 Å². The zero-order valence-corrected chi connectivity index (χ0v) is 10.7. The monoisotopic (exact) mass is 236 g/mol. The molecule has 0 aromatic heterocycles. The van der Waals surface area contributed by atoms with Gasteiger partial charge in [-0.05, 0) is 18.6 Å². The molecule has 0 bridgehead atoms. The van der Waals surface area contributed by atoms with Gasteiger partial charge >= 0.3 is 5.97 Å². The van der Waals surface area contributed by atoms with Gasteiger partial charge in [0.25, 0.3) is 0 Å². The molecule has 0 amide bonds. The minimum atomic E-state index is -0.489. The zero-order valence-electron chi connectivity index (χ0n) is 10.7. The molecule has 0 aliphatic rings. The number of benzene rings is 1. The fraction of sp³-hybridized carbons (Fsp3) is 0.500. The molecule has 94 valence electrons. The molecule has 0 radical (unpaired) electrons. The number of hydrogen-bond donors (Lipinski definition) is 0. The summed E-state index contributed by atoms with van der Waals surface area (Å²) in [5.74, 6) is 0.371. The third kappa shape index (κ3) is 4.89. The van der Waals surface area contributed by atoms with Crippen molar-refractivity contribution in [2.45, 2.75) is 39.9 Å². The summed E-state index contributed by atoms with van der Waals surface area (Å²) in [6.45, 7) is 5.66. The van der Waals surface area contributed by atoms with E-state index in [0.29, 0.717) is 6.42 Å². The van der Waals surface area contributed by atoms with E-state index in [9.17, 15) is 4.79 Å². The summed E-state index contributed by atoms with van der Waals surface area (Å²) in [6, 6.07) is 9.41. The van der Waals surface area contributed by atoms with Gasteiger partial charge in [-0.15, -0.1) is 0 Å². The standard InChI is InChI=1S/C14H20O3/c1-4-8-13(17-14(15)11(2)3)16-12-9-6-5-7-10-12/h5-7,9-11,13H,4,8H2,1-3H3. The Morgan fingerprint density at radius 3 is 2.41 bits per heavy atom. The van der Waals surface area contributed by atoms with Crippen molar-refractivity contribution in [3.8, 4) is 5.75 Å². The molecule has 1 atom stereocenters. The Hall–Kier alpha value is -1.51. The van der Waals surface area contributed by atoms with Crippen molar-refractivity contribution in [2.24, 2.45) is 5.92 Å². The molecule has 17 heavy (non-hydrogen) atoms. The summed E-state index contributed by atoms with van der Waals surface area (Å²) in [5, 5.41) is 0. The fourth-order valence-electron chi connectivity index (χ4n) is 1.29. The van der Waals surface area contributed by atoms with E-state index in [-0.39, 0.29) is 11.9 Å². The van der Waals surface area contributed by atoms with E-state index in [0.717, 1.165) is 12.2 Å². The lowest BCUT2D eigenvalue weighted by molar-refractivity contribution is -0.168. The van der Waals surface area contributed by atoms with Gasteiger partial charge in [0.15, 0.2) is 0 Å². The molecule has 1 aromatic rings. The predicted octanol–water partition coefficient (Wildman–Crippen LogP) is 3.39. The highest BCUT2D eigenvalue weighted by Crippen LogP contribution is 2.15.